The number of fused-ring (bicyclic) bond motifs is 4. The number of para-hydroxylation sites is 1. The number of ether oxygens (including phenoxy) is 1. The number of nitrogens with zero attached hydrogens (tertiary/aromatic N) is 4. The highest BCUT2D eigenvalue weighted by atomic mass is 16.5. The van der Waals surface area contributed by atoms with Crippen molar-refractivity contribution < 1.29 is 4.74 Å². The molecule has 1 unspecified atom stereocenters. The molecule has 1 aliphatic carbocycles. The quantitative estimate of drug-likeness (QED) is 0.364. The fraction of sp³-hybridized carbons (Fsp3) is 0.448. The van der Waals surface area contributed by atoms with Crippen molar-refractivity contribution >= 4 is 21.8 Å². The molecule has 1 N–H and O–H groups in total. The van der Waals surface area contributed by atoms with E-state index in [4.69, 9.17) is 14.7 Å². The Morgan fingerprint density at radius 3 is 2.83 bits per heavy atom. The van der Waals surface area contributed by atoms with Crippen LogP contribution >= 0.6 is 0 Å². The van der Waals surface area contributed by atoms with Crippen molar-refractivity contribution in [3.8, 4) is 0 Å². The van der Waals surface area contributed by atoms with Crippen LogP contribution in [0.15, 0.2) is 54.9 Å². The molecule has 1 saturated heterocycles. The van der Waals surface area contributed by atoms with Gasteiger partial charge in [-0.2, -0.15) is 0 Å². The molecule has 1 aromatic carbocycles. The predicted octanol–water partition coefficient (Wildman–Crippen LogP) is 5.10. The van der Waals surface area contributed by atoms with Crippen molar-refractivity contribution in [3.63, 3.8) is 0 Å². The maximum absolute atomic E-state index is 5.51. The summed E-state index contributed by atoms with van der Waals surface area (Å²) in [5.74, 6) is 0. The zero-order valence-corrected chi connectivity index (χ0v) is 20.5. The van der Waals surface area contributed by atoms with E-state index in [0.717, 1.165) is 64.5 Å². The van der Waals surface area contributed by atoms with E-state index in [2.05, 4.69) is 57.2 Å². The molecule has 2 aliphatic rings. The summed E-state index contributed by atoms with van der Waals surface area (Å²) in [7, 11) is 0. The Morgan fingerprint density at radius 2 is 1.89 bits per heavy atom. The SMILES string of the molecule is c1cnc2c(c1)CCCC2N(CCCCN1CCOCC1)Cc1nccc2c1[nH]c1ccccc12. The van der Waals surface area contributed by atoms with Crippen LogP contribution in [-0.2, 0) is 17.7 Å². The van der Waals surface area contributed by atoms with Gasteiger partial charge in [-0.15, -0.1) is 0 Å². The Kier molecular flexibility index (Phi) is 6.76. The van der Waals surface area contributed by atoms with Gasteiger partial charge < -0.3 is 9.72 Å². The van der Waals surface area contributed by atoms with E-state index in [-0.39, 0.29) is 0 Å². The van der Waals surface area contributed by atoms with Gasteiger partial charge in [0.1, 0.15) is 0 Å². The number of aromatic amines is 1. The monoisotopic (exact) mass is 469 g/mol. The standard InChI is InChI=1S/C29H35N5O/c1-2-10-25-23(9-1)24-12-14-30-26(29(24)32-25)21-34(16-4-3-15-33-17-19-35-20-18-33)27-11-5-7-22-8-6-13-31-28(22)27/h1-2,6,8-10,12-14,27,32H,3-5,7,11,15-21H2. The molecule has 0 saturated carbocycles. The van der Waals surface area contributed by atoms with E-state index in [1.165, 1.54) is 52.3 Å². The second kappa shape index (κ2) is 10.4. The van der Waals surface area contributed by atoms with Crippen molar-refractivity contribution in [2.24, 2.45) is 0 Å². The van der Waals surface area contributed by atoms with E-state index >= 15 is 0 Å². The van der Waals surface area contributed by atoms with E-state index < -0.39 is 0 Å². The van der Waals surface area contributed by atoms with Gasteiger partial charge in [-0.1, -0.05) is 24.3 Å². The Labute approximate surface area is 207 Å². The van der Waals surface area contributed by atoms with Crippen LogP contribution in [0.25, 0.3) is 21.8 Å². The second-order valence-corrected chi connectivity index (χ2v) is 9.94. The number of morpholine rings is 1. The van der Waals surface area contributed by atoms with Crippen LogP contribution in [0.2, 0.25) is 0 Å². The van der Waals surface area contributed by atoms with Crippen LogP contribution in [0.4, 0.5) is 0 Å². The van der Waals surface area contributed by atoms with Crippen molar-refractivity contribution in [1.82, 2.24) is 24.8 Å². The number of hydrogen-bond acceptors (Lipinski definition) is 5. The zero-order chi connectivity index (χ0) is 23.5. The lowest BCUT2D eigenvalue weighted by Crippen LogP contribution is -2.37. The van der Waals surface area contributed by atoms with Gasteiger partial charge in [0.25, 0.3) is 0 Å². The van der Waals surface area contributed by atoms with Crippen molar-refractivity contribution in [1.29, 1.82) is 0 Å². The molecule has 1 atom stereocenters. The van der Waals surface area contributed by atoms with Crippen LogP contribution in [0.1, 0.15) is 48.7 Å². The lowest BCUT2D eigenvalue weighted by molar-refractivity contribution is 0.0365. The lowest BCUT2D eigenvalue weighted by Gasteiger charge is -2.35. The van der Waals surface area contributed by atoms with E-state index in [1.54, 1.807) is 0 Å². The normalized spacial score (nSPS) is 18.9. The molecule has 4 heterocycles. The molecule has 1 fully saturated rings. The summed E-state index contributed by atoms with van der Waals surface area (Å²) >= 11 is 0. The van der Waals surface area contributed by atoms with Gasteiger partial charge >= 0.3 is 0 Å². The van der Waals surface area contributed by atoms with Crippen LogP contribution < -0.4 is 0 Å². The number of aromatic nitrogens is 3. The minimum Gasteiger partial charge on any atom is -0.379 e. The third-order valence-corrected chi connectivity index (χ3v) is 7.74. The number of rotatable bonds is 8. The molecule has 6 heteroatoms. The molecule has 35 heavy (non-hydrogen) atoms. The van der Waals surface area contributed by atoms with E-state index in [9.17, 15) is 0 Å². The molecule has 182 valence electrons. The van der Waals surface area contributed by atoms with Crippen LogP contribution in [0.5, 0.6) is 0 Å². The molecule has 4 aromatic rings. The maximum Gasteiger partial charge on any atom is 0.0784 e. The van der Waals surface area contributed by atoms with Gasteiger partial charge in [-0.05, 0) is 69.0 Å². The van der Waals surface area contributed by atoms with E-state index in [1.807, 2.05) is 12.4 Å². The molecular weight excluding hydrogens is 434 g/mol. The molecule has 1 aliphatic heterocycles. The van der Waals surface area contributed by atoms with Gasteiger partial charge in [0.2, 0.25) is 0 Å². The number of unbranched alkanes of at least 4 members (excludes halogenated alkanes) is 1. The highest BCUT2D eigenvalue weighted by molar-refractivity contribution is 6.07. The zero-order valence-electron chi connectivity index (χ0n) is 20.5. The van der Waals surface area contributed by atoms with Gasteiger partial charge in [0.15, 0.2) is 0 Å². The van der Waals surface area contributed by atoms with Crippen molar-refractivity contribution in [3.05, 3.63) is 71.8 Å². The number of benzene rings is 1. The number of aryl methyl sites for hydroxylation is 1. The van der Waals surface area contributed by atoms with Crippen molar-refractivity contribution in [2.75, 3.05) is 39.4 Å². The summed E-state index contributed by atoms with van der Waals surface area (Å²) in [5.41, 5.74) is 6.17. The van der Waals surface area contributed by atoms with Gasteiger partial charge in [0.05, 0.1) is 36.2 Å². The molecule has 3 aromatic heterocycles. The Hall–Kier alpha value is -2.80. The molecule has 0 amide bonds. The Bertz CT molecular complexity index is 1280. The molecular formula is C29H35N5O. The second-order valence-electron chi connectivity index (χ2n) is 9.94. The summed E-state index contributed by atoms with van der Waals surface area (Å²) in [5, 5.41) is 2.54. The molecule has 6 nitrogen and oxygen atoms in total. The van der Waals surface area contributed by atoms with Crippen LogP contribution in [0.3, 0.4) is 0 Å². The summed E-state index contributed by atoms with van der Waals surface area (Å²) in [6.45, 7) is 6.93. The lowest BCUT2D eigenvalue weighted by atomic mass is 9.90. The summed E-state index contributed by atoms with van der Waals surface area (Å²) in [6, 6.07) is 15.4. The fourth-order valence-corrected chi connectivity index (χ4v) is 5.90. The summed E-state index contributed by atoms with van der Waals surface area (Å²) in [4.78, 5) is 18.6. The smallest absolute Gasteiger partial charge is 0.0784 e. The average molecular weight is 470 g/mol. The van der Waals surface area contributed by atoms with Gasteiger partial charge in [-0.25, -0.2) is 0 Å². The first kappa shape index (κ1) is 22.7. The Balaban J connectivity index is 1.26. The summed E-state index contributed by atoms with van der Waals surface area (Å²) in [6.07, 6.45) is 9.85. The van der Waals surface area contributed by atoms with Gasteiger partial charge in [-0.3, -0.25) is 19.8 Å². The predicted molar refractivity (Wildman–Crippen MR) is 140 cm³/mol. The largest absolute Gasteiger partial charge is 0.379 e. The molecule has 0 bridgehead atoms. The highest BCUT2D eigenvalue weighted by Crippen LogP contribution is 2.35. The molecule has 0 spiro atoms. The highest BCUT2D eigenvalue weighted by Gasteiger charge is 2.28. The minimum absolute atomic E-state index is 0.352. The van der Waals surface area contributed by atoms with Crippen molar-refractivity contribution in [2.45, 2.75) is 44.7 Å². The van der Waals surface area contributed by atoms with E-state index in [0.29, 0.717) is 6.04 Å². The fourth-order valence-electron chi connectivity index (χ4n) is 5.90. The maximum atomic E-state index is 5.51. The molecule has 0 radical (unpaired) electrons. The van der Waals surface area contributed by atoms with Crippen LogP contribution in [-0.4, -0.2) is 64.1 Å². The molecule has 6 rings (SSSR count). The first-order valence-corrected chi connectivity index (χ1v) is 13.2. The average Bonchev–Trinajstić information content (AvgIpc) is 3.30. The number of H-pyrrole nitrogens is 1. The Morgan fingerprint density at radius 1 is 0.971 bits per heavy atom. The first-order valence-electron chi connectivity index (χ1n) is 13.2. The topological polar surface area (TPSA) is 57.3 Å². The number of pyridine rings is 2. The number of nitrogens with one attached hydrogen (secondary N) is 1. The first-order chi connectivity index (χ1) is 17.4. The summed E-state index contributed by atoms with van der Waals surface area (Å²) < 4.78 is 5.51. The third kappa shape index (κ3) is 4.83. The number of hydrogen-bond donors (Lipinski definition) is 1. The van der Waals surface area contributed by atoms with Gasteiger partial charge in [0, 0.05) is 48.3 Å². The van der Waals surface area contributed by atoms with Crippen LogP contribution in [0, 0.1) is 0 Å². The minimum atomic E-state index is 0.352. The third-order valence-electron chi connectivity index (χ3n) is 7.74.